The van der Waals surface area contributed by atoms with Crippen molar-refractivity contribution in [2.75, 3.05) is 0 Å². The predicted molar refractivity (Wildman–Crippen MR) is 169 cm³/mol. The van der Waals surface area contributed by atoms with Gasteiger partial charge >= 0.3 is 5.89 Å². The van der Waals surface area contributed by atoms with Crippen molar-refractivity contribution < 1.29 is 22.0 Å². The van der Waals surface area contributed by atoms with Crippen LogP contribution in [0, 0.1) is 6.92 Å². The first kappa shape index (κ1) is 35.3. The summed E-state index contributed by atoms with van der Waals surface area (Å²) < 4.78 is 39.2. The van der Waals surface area contributed by atoms with Gasteiger partial charge in [0.25, 0.3) is 5.52 Å². The number of aryl methyl sites for hydroxylation is 2. The molecule has 0 atom stereocenters. The van der Waals surface area contributed by atoms with Gasteiger partial charge in [-0.05, 0) is 36.8 Å². The molecule has 0 unspecified atom stereocenters. The van der Waals surface area contributed by atoms with Crippen LogP contribution in [0.1, 0.15) is 128 Å². The number of para-hydroxylation sites is 2. The van der Waals surface area contributed by atoms with E-state index in [-0.39, 0.29) is 4.90 Å². The van der Waals surface area contributed by atoms with Crippen LogP contribution in [0.2, 0.25) is 5.02 Å². The number of fused-ring (bicyclic) bond motifs is 1. The number of rotatable bonds is 20. The summed E-state index contributed by atoms with van der Waals surface area (Å²) in [6, 6.07) is 13.4. The number of hydrogen-bond acceptors (Lipinski definition) is 4. The number of benzene rings is 2. The Kier molecular flexibility index (Phi) is 18.0. The first-order chi connectivity index (χ1) is 19.8. The fourth-order valence-corrected chi connectivity index (χ4v) is 5.80. The summed E-state index contributed by atoms with van der Waals surface area (Å²) in [6.07, 6.45) is 25.7. The Labute approximate surface area is 254 Å². The van der Waals surface area contributed by atoms with Crippen LogP contribution in [0.5, 0.6) is 0 Å². The molecule has 0 radical (unpaired) electrons. The van der Waals surface area contributed by atoms with Crippen LogP contribution in [0.25, 0.3) is 11.1 Å². The zero-order valence-electron chi connectivity index (χ0n) is 25.4. The van der Waals surface area contributed by atoms with Gasteiger partial charge in [0.05, 0.1) is 11.8 Å². The van der Waals surface area contributed by atoms with E-state index in [4.69, 9.17) is 16.0 Å². The van der Waals surface area contributed by atoms with E-state index in [1.807, 2.05) is 6.07 Å². The van der Waals surface area contributed by atoms with E-state index < -0.39 is 10.1 Å². The Hall–Kier alpha value is -1.89. The summed E-state index contributed by atoms with van der Waals surface area (Å²) in [5, 5.41) is 0.400. The maximum atomic E-state index is 10.3. The molecule has 3 rings (SSSR count). The summed E-state index contributed by atoms with van der Waals surface area (Å²) in [5.41, 5.74) is 2.25. The summed E-state index contributed by atoms with van der Waals surface area (Å²) in [7, 11) is -4.33. The van der Waals surface area contributed by atoms with E-state index in [1.165, 1.54) is 145 Å². The smallest absolute Gasteiger partial charge is 0.344 e. The van der Waals surface area contributed by atoms with Gasteiger partial charge in [0.15, 0.2) is 6.54 Å². The Morgan fingerprint density at radius 1 is 0.683 bits per heavy atom. The molecule has 0 N–H and O–H groups in total. The summed E-state index contributed by atoms with van der Waals surface area (Å²) in [6.45, 7) is 5.46. The van der Waals surface area contributed by atoms with E-state index in [9.17, 15) is 13.0 Å². The minimum atomic E-state index is -4.33. The van der Waals surface area contributed by atoms with Gasteiger partial charge in [-0.1, -0.05) is 133 Å². The average molecular weight is 606 g/mol. The Balaban J connectivity index is 0.000000446. The Bertz CT molecular complexity index is 1190. The van der Waals surface area contributed by atoms with Crippen molar-refractivity contribution in [3.63, 3.8) is 0 Å². The van der Waals surface area contributed by atoms with Gasteiger partial charge in [-0.15, -0.1) is 0 Å². The quantitative estimate of drug-likeness (QED) is 0.0729. The molecule has 2 aromatic carbocycles. The van der Waals surface area contributed by atoms with E-state index in [2.05, 4.69) is 36.6 Å². The van der Waals surface area contributed by atoms with Crippen LogP contribution in [-0.4, -0.2) is 13.0 Å². The second-order valence-corrected chi connectivity index (χ2v) is 13.0. The largest absolute Gasteiger partial charge is 0.744 e. The monoisotopic (exact) mass is 605 g/mol. The zero-order chi connectivity index (χ0) is 29.8. The third kappa shape index (κ3) is 15.2. The molecule has 0 aliphatic carbocycles. The Morgan fingerprint density at radius 3 is 1.59 bits per heavy atom. The highest BCUT2D eigenvalue weighted by atomic mass is 35.5. The van der Waals surface area contributed by atoms with Crippen LogP contribution in [0.3, 0.4) is 0 Å². The van der Waals surface area contributed by atoms with Gasteiger partial charge in [-0.3, -0.25) is 0 Å². The third-order valence-electron chi connectivity index (χ3n) is 7.63. The molecule has 0 fully saturated rings. The number of hydrogen-bond donors (Lipinski definition) is 0. The average Bonchev–Trinajstić information content (AvgIpc) is 3.27. The highest BCUT2D eigenvalue weighted by Crippen LogP contribution is 2.16. The first-order valence-electron chi connectivity index (χ1n) is 15.9. The van der Waals surface area contributed by atoms with Gasteiger partial charge in [0.2, 0.25) is 5.58 Å². The molecule has 0 aliphatic rings. The van der Waals surface area contributed by atoms with Crippen molar-refractivity contribution in [3.05, 3.63) is 59.4 Å². The van der Waals surface area contributed by atoms with Crippen LogP contribution in [0.4, 0.5) is 0 Å². The number of nitrogens with zero attached hydrogens (tertiary/aromatic N) is 1. The summed E-state index contributed by atoms with van der Waals surface area (Å²) in [4.78, 5) is -0.262. The second-order valence-electron chi connectivity index (χ2n) is 11.2. The molecule has 3 aromatic rings. The van der Waals surface area contributed by atoms with Crippen molar-refractivity contribution in [2.24, 2.45) is 0 Å². The van der Waals surface area contributed by atoms with Crippen molar-refractivity contribution in [1.82, 2.24) is 0 Å². The van der Waals surface area contributed by atoms with Gasteiger partial charge in [-0.2, -0.15) is 4.57 Å². The molecule has 0 bridgehead atoms. The van der Waals surface area contributed by atoms with Crippen LogP contribution in [-0.2, 0) is 16.7 Å². The normalized spacial score (nSPS) is 11.5. The van der Waals surface area contributed by atoms with E-state index in [0.29, 0.717) is 5.02 Å². The van der Waals surface area contributed by atoms with E-state index in [1.54, 1.807) is 0 Å². The SMILES string of the molecule is CCCCCCCCCCCCCCCCCCCC[n+]1c(C)oc2ccccc21.O=S(=O)([O-])c1ccc(Cl)cc1. The van der Waals surface area contributed by atoms with Crippen molar-refractivity contribution in [3.8, 4) is 0 Å². The number of halogens is 1. The number of oxazole rings is 1. The molecule has 0 spiro atoms. The van der Waals surface area contributed by atoms with E-state index >= 15 is 0 Å². The fraction of sp³-hybridized carbons (Fsp3) is 0.618. The molecule has 41 heavy (non-hydrogen) atoms. The standard InChI is InChI=1S/C28H48NO.C6H5ClO3S/c1-3-4-5-6-7-8-9-10-11-12-13-14-15-16-17-18-19-22-25-29-26(2)30-28-24-21-20-23-27(28)29;7-5-1-3-6(4-2-5)11(8,9)10/h20-21,23-24H,3-19,22,25H2,1-2H3;1-4H,(H,8,9,10)/q+1;/p-1. The maximum Gasteiger partial charge on any atom is 0.344 e. The van der Waals surface area contributed by atoms with Crippen molar-refractivity contribution in [2.45, 2.75) is 141 Å². The van der Waals surface area contributed by atoms with Crippen LogP contribution in [0.15, 0.2) is 57.8 Å². The zero-order valence-corrected chi connectivity index (χ0v) is 27.0. The molecule has 0 saturated carbocycles. The Morgan fingerprint density at radius 2 is 1.12 bits per heavy atom. The molecule has 0 amide bonds. The lowest BCUT2D eigenvalue weighted by molar-refractivity contribution is -0.683. The second kappa shape index (κ2) is 20.9. The molecule has 0 aliphatic heterocycles. The maximum absolute atomic E-state index is 10.3. The highest BCUT2D eigenvalue weighted by molar-refractivity contribution is 7.85. The third-order valence-corrected chi connectivity index (χ3v) is 8.73. The van der Waals surface area contributed by atoms with Gasteiger partial charge < -0.3 is 8.97 Å². The summed E-state index contributed by atoms with van der Waals surface area (Å²) in [5.74, 6) is 1.03. The summed E-state index contributed by atoms with van der Waals surface area (Å²) >= 11 is 5.46. The minimum absolute atomic E-state index is 0.262. The fourth-order valence-electron chi connectivity index (χ4n) is 5.20. The van der Waals surface area contributed by atoms with Gasteiger partial charge in [0, 0.05) is 17.5 Å². The highest BCUT2D eigenvalue weighted by Gasteiger charge is 2.17. The molecule has 5 nitrogen and oxygen atoms in total. The molecule has 0 saturated heterocycles. The van der Waals surface area contributed by atoms with E-state index in [0.717, 1.165) is 18.0 Å². The molecular weight excluding hydrogens is 554 g/mol. The van der Waals surface area contributed by atoms with Gasteiger partial charge in [-0.25, -0.2) is 8.42 Å². The molecule has 7 heteroatoms. The molecule has 1 heterocycles. The number of unbranched alkanes of at least 4 members (excludes halogenated alkanes) is 17. The number of aromatic nitrogens is 1. The topological polar surface area (TPSA) is 74.2 Å². The lowest BCUT2D eigenvalue weighted by atomic mass is 10.0. The molecule has 230 valence electrons. The lowest BCUT2D eigenvalue weighted by Crippen LogP contribution is -2.35. The van der Waals surface area contributed by atoms with Crippen LogP contribution >= 0.6 is 11.6 Å². The van der Waals surface area contributed by atoms with Crippen molar-refractivity contribution >= 4 is 32.8 Å². The van der Waals surface area contributed by atoms with Crippen LogP contribution < -0.4 is 4.57 Å². The first-order valence-corrected chi connectivity index (χ1v) is 17.7. The molecular formula is C34H52ClNO4S. The lowest BCUT2D eigenvalue weighted by Gasteiger charge is -2.05. The minimum Gasteiger partial charge on any atom is -0.744 e. The predicted octanol–water partition coefficient (Wildman–Crippen LogP) is 10.3. The molecule has 1 aromatic heterocycles. The van der Waals surface area contributed by atoms with Gasteiger partial charge in [0.1, 0.15) is 10.1 Å². The van der Waals surface area contributed by atoms with Crippen molar-refractivity contribution in [1.29, 1.82) is 0 Å².